The molecule has 0 unspecified atom stereocenters. The zero-order valence-corrected chi connectivity index (χ0v) is 11.0. The van der Waals surface area contributed by atoms with Crippen LogP contribution in [0.4, 0.5) is 0 Å². The first-order valence-corrected chi connectivity index (χ1v) is 6.14. The molecule has 0 aliphatic carbocycles. The van der Waals surface area contributed by atoms with Crippen LogP contribution < -0.4 is 4.74 Å². The number of carbonyl (C=O) groups excluding carboxylic acids is 1. The number of benzene rings is 1. The zero-order chi connectivity index (χ0) is 14.3. The second-order valence-electron chi connectivity index (χ2n) is 4.27. The Bertz CT molecular complexity index is 477. The molecule has 0 saturated carbocycles. The molecule has 19 heavy (non-hydrogen) atoms. The number of ether oxygens (including phenoxy) is 1. The molecule has 102 valence electrons. The van der Waals surface area contributed by atoms with Crippen molar-refractivity contribution in [3.8, 4) is 5.75 Å². The predicted molar refractivity (Wildman–Crippen MR) is 72.7 cm³/mol. The van der Waals surface area contributed by atoms with E-state index in [-0.39, 0.29) is 18.6 Å². The molecule has 0 bridgehead atoms. The Labute approximate surface area is 112 Å². The first-order valence-electron chi connectivity index (χ1n) is 6.14. The van der Waals surface area contributed by atoms with Crippen LogP contribution >= 0.6 is 0 Å². The molecule has 0 spiro atoms. The van der Waals surface area contributed by atoms with Gasteiger partial charge >= 0.3 is 5.97 Å². The fourth-order valence-corrected chi connectivity index (χ4v) is 1.67. The maximum atomic E-state index is 12.1. The summed E-state index contributed by atoms with van der Waals surface area (Å²) in [5, 5.41) is 8.56. The standard InChI is InChI=1S/C15H18O4/c1-3-9-19-14-8-7-11(2)10-12(14)13(16)5-4-6-15(17)18/h3,7-8,10H,1,4-6,9H2,2H3,(H,17,18). The Morgan fingerprint density at radius 2 is 2.11 bits per heavy atom. The van der Waals surface area contributed by atoms with Crippen molar-refractivity contribution in [2.75, 3.05) is 6.61 Å². The molecule has 0 aromatic heterocycles. The van der Waals surface area contributed by atoms with Crippen molar-refractivity contribution in [3.05, 3.63) is 42.0 Å². The quantitative estimate of drug-likeness (QED) is 0.578. The molecule has 0 aliphatic rings. The summed E-state index contributed by atoms with van der Waals surface area (Å²) in [5.41, 5.74) is 1.47. The maximum Gasteiger partial charge on any atom is 0.303 e. The molecule has 4 nitrogen and oxygen atoms in total. The normalized spacial score (nSPS) is 9.95. The number of hydrogen-bond acceptors (Lipinski definition) is 3. The van der Waals surface area contributed by atoms with Crippen LogP contribution in [0.2, 0.25) is 0 Å². The molecule has 4 heteroatoms. The first-order chi connectivity index (χ1) is 9.04. The first kappa shape index (κ1) is 15.0. The van der Waals surface area contributed by atoms with E-state index in [1.165, 1.54) is 0 Å². The Kier molecular flexibility index (Phi) is 5.79. The molecule has 1 aromatic carbocycles. The van der Waals surface area contributed by atoms with Gasteiger partial charge < -0.3 is 9.84 Å². The Morgan fingerprint density at radius 3 is 2.74 bits per heavy atom. The van der Waals surface area contributed by atoms with Crippen molar-refractivity contribution >= 4 is 11.8 Å². The van der Waals surface area contributed by atoms with E-state index in [9.17, 15) is 9.59 Å². The van der Waals surface area contributed by atoms with Crippen LogP contribution in [-0.4, -0.2) is 23.5 Å². The largest absolute Gasteiger partial charge is 0.489 e. The highest BCUT2D eigenvalue weighted by Crippen LogP contribution is 2.22. The Morgan fingerprint density at radius 1 is 1.37 bits per heavy atom. The fraction of sp³-hybridized carbons (Fsp3) is 0.333. The van der Waals surface area contributed by atoms with Gasteiger partial charge in [-0.2, -0.15) is 0 Å². The van der Waals surface area contributed by atoms with E-state index >= 15 is 0 Å². The lowest BCUT2D eigenvalue weighted by Crippen LogP contribution is -2.06. The van der Waals surface area contributed by atoms with Crippen LogP contribution in [0.25, 0.3) is 0 Å². The molecule has 0 atom stereocenters. The number of hydrogen-bond donors (Lipinski definition) is 1. The van der Waals surface area contributed by atoms with Gasteiger partial charge in [-0.25, -0.2) is 0 Å². The molecule has 1 aromatic rings. The summed E-state index contributed by atoms with van der Waals surface area (Å²) in [6.45, 7) is 5.79. The SMILES string of the molecule is C=CCOc1ccc(C)cc1C(=O)CCCC(=O)O. The number of carbonyl (C=O) groups is 2. The van der Waals surface area contributed by atoms with E-state index in [0.717, 1.165) is 5.56 Å². The number of aryl methyl sites for hydroxylation is 1. The van der Waals surface area contributed by atoms with Crippen LogP contribution in [0.1, 0.15) is 35.2 Å². The minimum atomic E-state index is -0.889. The predicted octanol–water partition coefficient (Wildman–Crippen LogP) is 3.00. The molecule has 1 N–H and O–H groups in total. The van der Waals surface area contributed by atoms with E-state index in [0.29, 0.717) is 24.3 Å². The third-order valence-corrected chi connectivity index (χ3v) is 2.59. The van der Waals surface area contributed by atoms with Gasteiger partial charge in [0.05, 0.1) is 5.56 Å². The van der Waals surface area contributed by atoms with E-state index in [4.69, 9.17) is 9.84 Å². The van der Waals surface area contributed by atoms with Gasteiger partial charge in [-0.15, -0.1) is 0 Å². The molecular weight excluding hydrogens is 244 g/mol. The third kappa shape index (κ3) is 4.95. The fourth-order valence-electron chi connectivity index (χ4n) is 1.67. The topological polar surface area (TPSA) is 63.6 Å². The molecule has 0 saturated heterocycles. The average Bonchev–Trinajstić information content (AvgIpc) is 2.36. The van der Waals surface area contributed by atoms with Gasteiger partial charge in [-0.1, -0.05) is 24.3 Å². The smallest absolute Gasteiger partial charge is 0.303 e. The lowest BCUT2D eigenvalue weighted by atomic mass is 10.0. The van der Waals surface area contributed by atoms with Crippen molar-refractivity contribution in [1.29, 1.82) is 0 Å². The van der Waals surface area contributed by atoms with Crippen molar-refractivity contribution in [3.63, 3.8) is 0 Å². The third-order valence-electron chi connectivity index (χ3n) is 2.59. The van der Waals surface area contributed by atoms with Gasteiger partial charge in [0, 0.05) is 12.8 Å². The maximum absolute atomic E-state index is 12.1. The van der Waals surface area contributed by atoms with E-state index in [1.54, 1.807) is 18.2 Å². The van der Waals surface area contributed by atoms with Crippen molar-refractivity contribution in [2.24, 2.45) is 0 Å². The number of aliphatic carboxylic acids is 1. The number of rotatable bonds is 8. The van der Waals surface area contributed by atoms with Crippen LogP contribution in [-0.2, 0) is 4.79 Å². The van der Waals surface area contributed by atoms with Crippen LogP contribution in [0.3, 0.4) is 0 Å². The monoisotopic (exact) mass is 262 g/mol. The number of carboxylic acids is 1. The van der Waals surface area contributed by atoms with Crippen LogP contribution in [0.15, 0.2) is 30.9 Å². The summed E-state index contributed by atoms with van der Waals surface area (Å²) in [7, 11) is 0. The number of carboxylic acid groups (broad SMARTS) is 1. The summed E-state index contributed by atoms with van der Waals surface area (Å²) in [6, 6.07) is 5.39. The molecule has 0 amide bonds. The second kappa shape index (κ2) is 7.36. The summed E-state index contributed by atoms with van der Waals surface area (Å²) in [5.74, 6) is -0.463. The lowest BCUT2D eigenvalue weighted by Gasteiger charge is -2.10. The Balaban J connectivity index is 2.78. The molecule has 1 rings (SSSR count). The highest BCUT2D eigenvalue weighted by molar-refractivity contribution is 5.99. The van der Waals surface area contributed by atoms with Gasteiger partial charge in [0.1, 0.15) is 12.4 Å². The summed E-state index contributed by atoms with van der Waals surface area (Å²) < 4.78 is 5.43. The molecular formula is C15H18O4. The molecule has 0 aliphatic heterocycles. The number of Topliss-reactive ketones (excluding diaryl/α,β-unsaturated/α-hetero) is 1. The van der Waals surface area contributed by atoms with E-state index in [1.807, 2.05) is 13.0 Å². The van der Waals surface area contributed by atoms with Gasteiger partial charge in [-0.3, -0.25) is 9.59 Å². The summed E-state index contributed by atoms with van der Waals surface area (Å²) >= 11 is 0. The van der Waals surface area contributed by atoms with Crippen molar-refractivity contribution < 1.29 is 19.4 Å². The lowest BCUT2D eigenvalue weighted by molar-refractivity contribution is -0.137. The van der Waals surface area contributed by atoms with E-state index in [2.05, 4.69) is 6.58 Å². The van der Waals surface area contributed by atoms with Gasteiger partial charge in [-0.05, 0) is 25.5 Å². The van der Waals surface area contributed by atoms with Crippen molar-refractivity contribution in [1.82, 2.24) is 0 Å². The summed E-state index contributed by atoms with van der Waals surface area (Å²) in [6.07, 6.45) is 2.15. The molecule has 0 fully saturated rings. The van der Waals surface area contributed by atoms with Crippen molar-refractivity contribution in [2.45, 2.75) is 26.2 Å². The minimum absolute atomic E-state index is 0.000401. The summed E-state index contributed by atoms with van der Waals surface area (Å²) in [4.78, 5) is 22.5. The highest BCUT2D eigenvalue weighted by atomic mass is 16.5. The van der Waals surface area contributed by atoms with Crippen LogP contribution in [0, 0.1) is 6.92 Å². The number of ketones is 1. The van der Waals surface area contributed by atoms with Gasteiger partial charge in [0.25, 0.3) is 0 Å². The molecule has 0 radical (unpaired) electrons. The average molecular weight is 262 g/mol. The zero-order valence-electron chi connectivity index (χ0n) is 11.0. The second-order valence-corrected chi connectivity index (χ2v) is 4.27. The minimum Gasteiger partial charge on any atom is -0.489 e. The highest BCUT2D eigenvalue weighted by Gasteiger charge is 2.13. The van der Waals surface area contributed by atoms with Gasteiger partial charge in [0.2, 0.25) is 0 Å². The molecule has 0 heterocycles. The van der Waals surface area contributed by atoms with Gasteiger partial charge in [0.15, 0.2) is 5.78 Å². The Hall–Kier alpha value is -2.10. The van der Waals surface area contributed by atoms with E-state index < -0.39 is 5.97 Å². The van der Waals surface area contributed by atoms with Crippen LogP contribution in [0.5, 0.6) is 5.75 Å².